The summed E-state index contributed by atoms with van der Waals surface area (Å²) in [6.07, 6.45) is 0. The standard InChI is InChI=1S/2C9H12O.2C5H5.Zr/c2*1-6-4-9(10)5-7(2)8(6)3;2*1-2-4-5-3-1;/h2*4-5,10H,1-3H3;2*1-5H;/q;;2*-1;+2. The summed E-state index contributed by atoms with van der Waals surface area (Å²) in [4.78, 5) is 0. The number of rotatable bonds is 0. The van der Waals surface area contributed by atoms with Gasteiger partial charge in [-0.15, -0.1) is 0 Å². The molecule has 31 heavy (non-hydrogen) atoms. The number of hydrogen-bond donors (Lipinski definition) is 2. The van der Waals surface area contributed by atoms with Crippen LogP contribution in [0.3, 0.4) is 0 Å². The molecule has 0 aliphatic carbocycles. The number of hydrogen-bond acceptors (Lipinski definition) is 2. The fourth-order valence-electron chi connectivity index (χ4n) is 2.67. The topological polar surface area (TPSA) is 40.5 Å². The number of benzene rings is 2. The van der Waals surface area contributed by atoms with Crippen LogP contribution in [0.4, 0.5) is 0 Å². The average molecular weight is 494 g/mol. The maximum absolute atomic E-state index is 9.12. The summed E-state index contributed by atoms with van der Waals surface area (Å²) in [5.74, 6) is 0.723. The van der Waals surface area contributed by atoms with Crippen LogP contribution in [0.5, 0.6) is 11.5 Å². The van der Waals surface area contributed by atoms with Gasteiger partial charge < -0.3 is 10.2 Å². The maximum atomic E-state index is 9.12. The van der Waals surface area contributed by atoms with Gasteiger partial charge >= 0.3 is 26.2 Å². The molecule has 0 saturated carbocycles. The van der Waals surface area contributed by atoms with Gasteiger partial charge in [0.05, 0.1) is 0 Å². The van der Waals surface area contributed by atoms with Crippen molar-refractivity contribution in [3.8, 4) is 11.5 Å². The molecule has 4 aromatic carbocycles. The van der Waals surface area contributed by atoms with Crippen molar-refractivity contribution in [3.05, 3.63) is 118 Å². The molecule has 0 heterocycles. The SMILES string of the molecule is Cc1cc(O)cc(C)c1C.Cc1cc(O)cc(C)c1C.[Zr+2].c1cc[cH-]c1.c1cc[cH-]c1. The molecule has 2 nitrogen and oxygen atoms in total. The first-order chi connectivity index (χ1) is 14.2. The summed E-state index contributed by atoms with van der Waals surface area (Å²) in [6, 6.07) is 27.1. The predicted molar refractivity (Wildman–Crippen MR) is 129 cm³/mol. The van der Waals surface area contributed by atoms with Crippen molar-refractivity contribution < 1.29 is 36.4 Å². The zero-order valence-electron chi connectivity index (χ0n) is 19.5. The molecule has 2 N–H and O–H groups in total. The Morgan fingerprint density at radius 3 is 0.871 bits per heavy atom. The van der Waals surface area contributed by atoms with E-state index in [2.05, 4.69) is 13.8 Å². The molecule has 3 heteroatoms. The van der Waals surface area contributed by atoms with Crippen molar-refractivity contribution in [1.82, 2.24) is 0 Å². The second kappa shape index (κ2) is 15.4. The number of aryl methyl sites for hydroxylation is 4. The van der Waals surface area contributed by atoms with Crippen molar-refractivity contribution in [3.63, 3.8) is 0 Å². The number of aromatic hydroxyl groups is 2. The summed E-state index contributed by atoms with van der Waals surface area (Å²) in [5.41, 5.74) is 7.13. The van der Waals surface area contributed by atoms with Gasteiger partial charge in [-0.1, -0.05) is 0 Å². The molecular weight excluding hydrogens is 460 g/mol. The molecule has 0 spiro atoms. The Kier molecular flexibility index (Phi) is 14.2. The summed E-state index contributed by atoms with van der Waals surface area (Å²) < 4.78 is 0. The van der Waals surface area contributed by atoms with Crippen molar-refractivity contribution in [1.29, 1.82) is 0 Å². The van der Waals surface area contributed by atoms with Crippen LogP contribution in [0.25, 0.3) is 0 Å². The third-order valence-corrected chi connectivity index (χ3v) is 4.93. The minimum absolute atomic E-state index is 0. The zero-order chi connectivity index (χ0) is 22.5. The van der Waals surface area contributed by atoms with Crippen LogP contribution >= 0.6 is 0 Å². The first-order valence-corrected chi connectivity index (χ1v) is 10.1. The molecule has 0 saturated heterocycles. The third kappa shape index (κ3) is 11.6. The van der Waals surface area contributed by atoms with Crippen LogP contribution in [0.2, 0.25) is 0 Å². The Morgan fingerprint density at radius 2 is 0.710 bits per heavy atom. The minimum atomic E-state index is 0. The third-order valence-electron chi connectivity index (χ3n) is 4.93. The molecule has 0 aromatic heterocycles. The molecule has 162 valence electrons. The van der Waals surface area contributed by atoms with E-state index in [1.165, 1.54) is 11.1 Å². The molecule has 4 rings (SSSR count). The number of phenolic OH excluding ortho intramolecular Hbond substituents is 2. The summed E-state index contributed by atoms with van der Waals surface area (Å²) in [6.45, 7) is 12.1. The van der Waals surface area contributed by atoms with Gasteiger partial charge in [0.25, 0.3) is 0 Å². The van der Waals surface area contributed by atoms with Crippen LogP contribution in [-0.2, 0) is 26.2 Å². The molecular formula is C28H34O2Zr. The van der Waals surface area contributed by atoms with Gasteiger partial charge in [-0.05, 0) is 99.2 Å². The van der Waals surface area contributed by atoms with Crippen molar-refractivity contribution in [2.45, 2.75) is 41.5 Å². The van der Waals surface area contributed by atoms with Crippen molar-refractivity contribution in [2.24, 2.45) is 0 Å². The van der Waals surface area contributed by atoms with E-state index in [4.69, 9.17) is 10.2 Å². The fraction of sp³-hybridized carbons (Fsp3) is 0.214. The molecule has 4 aromatic rings. The van der Waals surface area contributed by atoms with Crippen LogP contribution in [0.1, 0.15) is 33.4 Å². The van der Waals surface area contributed by atoms with E-state index in [-0.39, 0.29) is 26.2 Å². The normalized spacial score (nSPS) is 8.97. The summed E-state index contributed by atoms with van der Waals surface area (Å²) in [5, 5.41) is 18.2. The van der Waals surface area contributed by atoms with Crippen LogP contribution < -0.4 is 0 Å². The van der Waals surface area contributed by atoms with Gasteiger partial charge in [0.15, 0.2) is 0 Å². The van der Waals surface area contributed by atoms with E-state index in [1.54, 1.807) is 24.3 Å². The molecule has 0 atom stereocenters. The van der Waals surface area contributed by atoms with E-state index >= 15 is 0 Å². The van der Waals surface area contributed by atoms with Gasteiger partial charge in [0.1, 0.15) is 11.5 Å². The molecule has 0 aliphatic rings. The molecule has 0 radical (unpaired) electrons. The Balaban J connectivity index is 0.000000401. The van der Waals surface area contributed by atoms with E-state index in [0.717, 1.165) is 22.3 Å². The first-order valence-electron chi connectivity index (χ1n) is 10.1. The van der Waals surface area contributed by atoms with Crippen molar-refractivity contribution >= 4 is 0 Å². The zero-order valence-corrected chi connectivity index (χ0v) is 21.9. The van der Waals surface area contributed by atoms with Gasteiger partial charge in [-0.25, -0.2) is 24.3 Å². The Morgan fingerprint density at radius 1 is 0.484 bits per heavy atom. The fourth-order valence-corrected chi connectivity index (χ4v) is 2.67. The van der Waals surface area contributed by atoms with Gasteiger partial charge in [0.2, 0.25) is 0 Å². The minimum Gasteiger partial charge on any atom is -0.508 e. The maximum Gasteiger partial charge on any atom is 2.00 e. The monoisotopic (exact) mass is 492 g/mol. The van der Waals surface area contributed by atoms with Crippen LogP contribution in [0.15, 0.2) is 84.9 Å². The van der Waals surface area contributed by atoms with Gasteiger partial charge in [0, 0.05) is 0 Å². The summed E-state index contributed by atoms with van der Waals surface area (Å²) >= 11 is 0. The average Bonchev–Trinajstić information content (AvgIpc) is 3.43. The predicted octanol–water partition coefficient (Wildman–Crippen LogP) is 7.44. The van der Waals surface area contributed by atoms with E-state index in [0.29, 0.717) is 11.5 Å². The second-order valence-electron chi connectivity index (χ2n) is 7.33. The van der Waals surface area contributed by atoms with Crippen molar-refractivity contribution in [2.75, 3.05) is 0 Å². The van der Waals surface area contributed by atoms with Gasteiger partial charge in [-0.2, -0.15) is 36.4 Å². The largest absolute Gasteiger partial charge is 2.00 e. The molecule has 0 amide bonds. The van der Waals surface area contributed by atoms with E-state index < -0.39 is 0 Å². The molecule has 0 unspecified atom stereocenters. The van der Waals surface area contributed by atoms with E-state index in [9.17, 15) is 0 Å². The smallest absolute Gasteiger partial charge is 0.508 e. The Hall–Kier alpha value is -2.38. The quantitative estimate of drug-likeness (QED) is 0.250. The Bertz CT molecular complexity index is 806. The second-order valence-corrected chi connectivity index (χ2v) is 7.33. The van der Waals surface area contributed by atoms with Crippen LogP contribution in [0, 0.1) is 41.5 Å². The van der Waals surface area contributed by atoms with Gasteiger partial charge in [-0.3, -0.25) is 0 Å². The molecule has 0 bridgehead atoms. The summed E-state index contributed by atoms with van der Waals surface area (Å²) in [7, 11) is 0. The molecule has 0 fully saturated rings. The Labute approximate surface area is 207 Å². The molecule has 0 aliphatic heterocycles. The van der Waals surface area contributed by atoms with Crippen LogP contribution in [-0.4, -0.2) is 10.2 Å². The number of phenols is 2. The first kappa shape index (κ1) is 28.6. The van der Waals surface area contributed by atoms with E-state index in [1.807, 2.05) is 88.4 Å².